The molecule has 1 saturated heterocycles. The van der Waals surface area contributed by atoms with Gasteiger partial charge in [0.15, 0.2) is 0 Å². The molecule has 0 spiro atoms. The molecule has 150 valence electrons. The van der Waals surface area contributed by atoms with Crippen LogP contribution in [0.5, 0.6) is 0 Å². The highest BCUT2D eigenvalue weighted by molar-refractivity contribution is 5.89. The number of halogens is 1. The molecule has 1 aromatic carbocycles. The summed E-state index contributed by atoms with van der Waals surface area (Å²) in [6.07, 6.45) is 2.45. The predicted octanol–water partition coefficient (Wildman–Crippen LogP) is 3.18. The first-order valence-electron chi connectivity index (χ1n) is 9.45. The Hall–Kier alpha value is -2.90. The van der Waals surface area contributed by atoms with E-state index in [-0.39, 0.29) is 23.8 Å². The SMILES string of the molecule is Cc1noc(C)c1CCC(=O)N1CCC(NC(=O)Nc2ccc(F)cc2)CC1. The van der Waals surface area contributed by atoms with Crippen LogP contribution in [-0.4, -0.2) is 41.1 Å². The number of urea groups is 1. The zero-order chi connectivity index (χ0) is 20.1. The Balaban J connectivity index is 1.40. The minimum Gasteiger partial charge on any atom is -0.361 e. The Morgan fingerprint density at radius 2 is 1.89 bits per heavy atom. The fourth-order valence-corrected chi connectivity index (χ4v) is 3.41. The Labute approximate surface area is 163 Å². The van der Waals surface area contributed by atoms with E-state index >= 15 is 0 Å². The Morgan fingerprint density at radius 3 is 2.50 bits per heavy atom. The predicted molar refractivity (Wildman–Crippen MR) is 102 cm³/mol. The van der Waals surface area contributed by atoms with Gasteiger partial charge in [-0.2, -0.15) is 0 Å². The number of aromatic nitrogens is 1. The Bertz CT molecular complexity index is 807. The lowest BCUT2D eigenvalue weighted by Gasteiger charge is -2.32. The smallest absolute Gasteiger partial charge is 0.319 e. The maximum Gasteiger partial charge on any atom is 0.319 e. The van der Waals surface area contributed by atoms with Gasteiger partial charge in [0.05, 0.1) is 5.69 Å². The number of aryl methyl sites for hydroxylation is 2. The third-order valence-corrected chi connectivity index (χ3v) is 5.06. The fraction of sp³-hybridized carbons (Fsp3) is 0.450. The number of carbonyl (C=O) groups excluding carboxylic acids is 2. The molecular formula is C20H25FN4O3. The largest absolute Gasteiger partial charge is 0.361 e. The first-order valence-corrected chi connectivity index (χ1v) is 9.45. The maximum absolute atomic E-state index is 12.9. The number of rotatable bonds is 5. The zero-order valence-corrected chi connectivity index (χ0v) is 16.1. The van der Waals surface area contributed by atoms with Gasteiger partial charge in [0, 0.05) is 36.8 Å². The summed E-state index contributed by atoms with van der Waals surface area (Å²) in [6, 6.07) is 5.29. The minimum atomic E-state index is -0.350. The van der Waals surface area contributed by atoms with Gasteiger partial charge in [-0.3, -0.25) is 4.79 Å². The van der Waals surface area contributed by atoms with Crippen molar-refractivity contribution in [2.45, 2.75) is 45.6 Å². The van der Waals surface area contributed by atoms with E-state index < -0.39 is 0 Å². The molecule has 0 saturated carbocycles. The van der Waals surface area contributed by atoms with Crippen molar-refractivity contribution >= 4 is 17.6 Å². The highest BCUT2D eigenvalue weighted by Crippen LogP contribution is 2.17. The molecule has 28 heavy (non-hydrogen) atoms. The third-order valence-electron chi connectivity index (χ3n) is 5.06. The molecule has 2 heterocycles. The molecular weight excluding hydrogens is 363 g/mol. The summed E-state index contributed by atoms with van der Waals surface area (Å²) < 4.78 is 18.0. The molecule has 3 rings (SSSR count). The van der Waals surface area contributed by atoms with Crippen LogP contribution in [0.1, 0.15) is 36.3 Å². The van der Waals surface area contributed by atoms with Crippen LogP contribution in [0.15, 0.2) is 28.8 Å². The summed E-state index contributed by atoms with van der Waals surface area (Å²) in [5, 5.41) is 9.51. The second-order valence-electron chi connectivity index (χ2n) is 7.06. The van der Waals surface area contributed by atoms with E-state index in [4.69, 9.17) is 4.52 Å². The van der Waals surface area contributed by atoms with E-state index in [1.807, 2.05) is 18.7 Å². The molecule has 3 amide bonds. The molecule has 0 bridgehead atoms. The average molecular weight is 388 g/mol. The molecule has 0 unspecified atom stereocenters. The quantitative estimate of drug-likeness (QED) is 0.824. The van der Waals surface area contributed by atoms with Crippen LogP contribution in [-0.2, 0) is 11.2 Å². The number of benzene rings is 1. The topological polar surface area (TPSA) is 87.5 Å². The van der Waals surface area contributed by atoms with Gasteiger partial charge in [-0.1, -0.05) is 5.16 Å². The van der Waals surface area contributed by atoms with Crippen LogP contribution in [0.4, 0.5) is 14.9 Å². The van der Waals surface area contributed by atoms with E-state index in [0.717, 1.165) is 17.0 Å². The van der Waals surface area contributed by atoms with Crippen LogP contribution in [0.25, 0.3) is 0 Å². The van der Waals surface area contributed by atoms with Crippen molar-refractivity contribution in [2.75, 3.05) is 18.4 Å². The number of nitrogens with zero attached hydrogens (tertiary/aromatic N) is 2. The van der Waals surface area contributed by atoms with Crippen molar-refractivity contribution in [1.29, 1.82) is 0 Å². The van der Waals surface area contributed by atoms with E-state index in [2.05, 4.69) is 15.8 Å². The summed E-state index contributed by atoms with van der Waals surface area (Å²) in [6.45, 7) is 4.96. The molecule has 0 aliphatic carbocycles. The van der Waals surface area contributed by atoms with Gasteiger partial charge in [-0.05, 0) is 57.4 Å². The molecule has 8 heteroatoms. The number of carbonyl (C=O) groups is 2. The molecule has 1 aromatic heterocycles. The number of piperidine rings is 1. The molecule has 1 aliphatic rings. The molecule has 1 fully saturated rings. The molecule has 7 nitrogen and oxygen atoms in total. The van der Waals surface area contributed by atoms with Crippen LogP contribution in [0, 0.1) is 19.7 Å². The lowest BCUT2D eigenvalue weighted by Crippen LogP contribution is -2.47. The summed E-state index contributed by atoms with van der Waals surface area (Å²) in [5.74, 6) is 0.520. The van der Waals surface area contributed by atoms with Gasteiger partial charge >= 0.3 is 6.03 Å². The van der Waals surface area contributed by atoms with Crippen molar-refractivity contribution in [3.63, 3.8) is 0 Å². The second-order valence-corrected chi connectivity index (χ2v) is 7.06. The lowest BCUT2D eigenvalue weighted by molar-refractivity contribution is -0.132. The van der Waals surface area contributed by atoms with Crippen molar-refractivity contribution in [3.05, 3.63) is 47.1 Å². The van der Waals surface area contributed by atoms with Gasteiger partial charge in [0.1, 0.15) is 11.6 Å². The van der Waals surface area contributed by atoms with E-state index in [1.165, 1.54) is 24.3 Å². The third kappa shape index (κ3) is 5.09. The van der Waals surface area contributed by atoms with E-state index in [1.54, 1.807) is 0 Å². The van der Waals surface area contributed by atoms with Crippen molar-refractivity contribution in [1.82, 2.24) is 15.4 Å². The number of hydrogen-bond acceptors (Lipinski definition) is 4. The van der Waals surface area contributed by atoms with Crippen LogP contribution in [0.2, 0.25) is 0 Å². The zero-order valence-electron chi connectivity index (χ0n) is 16.1. The highest BCUT2D eigenvalue weighted by atomic mass is 19.1. The van der Waals surface area contributed by atoms with Crippen LogP contribution in [0.3, 0.4) is 0 Å². The number of hydrogen-bond donors (Lipinski definition) is 2. The highest BCUT2D eigenvalue weighted by Gasteiger charge is 2.24. The molecule has 2 N–H and O–H groups in total. The fourth-order valence-electron chi connectivity index (χ4n) is 3.41. The van der Waals surface area contributed by atoms with Gasteiger partial charge in [-0.15, -0.1) is 0 Å². The Morgan fingerprint density at radius 1 is 1.21 bits per heavy atom. The van der Waals surface area contributed by atoms with Crippen molar-refractivity contribution in [2.24, 2.45) is 0 Å². The second kappa shape index (κ2) is 8.86. The number of amides is 3. The number of anilines is 1. The first kappa shape index (κ1) is 19.9. The summed E-state index contributed by atoms with van der Waals surface area (Å²) >= 11 is 0. The summed E-state index contributed by atoms with van der Waals surface area (Å²) in [4.78, 5) is 26.4. The van der Waals surface area contributed by atoms with Crippen LogP contribution >= 0.6 is 0 Å². The summed E-state index contributed by atoms with van der Waals surface area (Å²) in [7, 11) is 0. The standard InChI is InChI=1S/C20H25FN4O3/c1-13-18(14(2)28-24-13)7-8-19(26)25-11-9-17(10-12-25)23-20(27)22-16-5-3-15(21)4-6-16/h3-6,17H,7-12H2,1-2H3,(H2,22,23,27). The van der Waals surface area contributed by atoms with Gasteiger partial charge in [-0.25, -0.2) is 9.18 Å². The van der Waals surface area contributed by atoms with Gasteiger partial charge < -0.3 is 20.1 Å². The minimum absolute atomic E-state index is 0.00654. The van der Waals surface area contributed by atoms with Gasteiger partial charge in [0.2, 0.25) is 5.91 Å². The number of nitrogens with one attached hydrogen (secondary N) is 2. The average Bonchev–Trinajstić information content (AvgIpc) is 3.00. The molecule has 1 aliphatic heterocycles. The normalized spacial score (nSPS) is 14.8. The molecule has 0 radical (unpaired) electrons. The number of likely N-dealkylation sites (tertiary alicyclic amines) is 1. The van der Waals surface area contributed by atoms with E-state index in [0.29, 0.717) is 44.5 Å². The maximum atomic E-state index is 12.9. The van der Waals surface area contributed by atoms with E-state index in [9.17, 15) is 14.0 Å². The molecule has 0 atom stereocenters. The van der Waals surface area contributed by atoms with Crippen LogP contribution < -0.4 is 10.6 Å². The van der Waals surface area contributed by atoms with Crippen molar-refractivity contribution < 1.29 is 18.5 Å². The monoisotopic (exact) mass is 388 g/mol. The summed E-state index contributed by atoms with van der Waals surface area (Å²) in [5.41, 5.74) is 2.37. The van der Waals surface area contributed by atoms with Gasteiger partial charge in [0.25, 0.3) is 0 Å². The Kier molecular flexibility index (Phi) is 6.28. The van der Waals surface area contributed by atoms with Crippen molar-refractivity contribution in [3.8, 4) is 0 Å². The lowest BCUT2D eigenvalue weighted by atomic mass is 10.0. The first-order chi connectivity index (χ1) is 13.4. The molecule has 2 aromatic rings.